The number of nitrogens with one attached hydrogen (secondary N) is 1. The lowest BCUT2D eigenvalue weighted by molar-refractivity contribution is -0.137. The number of hydrogen-bond donors (Lipinski definition) is 1. The minimum Gasteiger partial charge on any atom is -0.496 e. The summed E-state index contributed by atoms with van der Waals surface area (Å²) in [5.74, 6) is 0.349. The molecule has 150 valence electrons. The Morgan fingerprint density at radius 3 is 2.64 bits per heavy atom. The van der Waals surface area contributed by atoms with Crippen molar-refractivity contribution in [3.63, 3.8) is 0 Å². The van der Waals surface area contributed by atoms with Gasteiger partial charge in [-0.05, 0) is 49.6 Å². The summed E-state index contributed by atoms with van der Waals surface area (Å²) in [6.07, 6.45) is -1.85. The third-order valence-corrected chi connectivity index (χ3v) is 5.94. The van der Waals surface area contributed by atoms with E-state index >= 15 is 0 Å². The Labute approximate surface area is 162 Å². The van der Waals surface area contributed by atoms with Gasteiger partial charge in [0.25, 0.3) is 0 Å². The van der Waals surface area contributed by atoms with Gasteiger partial charge in [-0.1, -0.05) is 30.3 Å². The fraction of sp³-hybridized carbons (Fsp3) is 0.455. The Morgan fingerprint density at radius 1 is 1.14 bits per heavy atom. The quantitative estimate of drug-likeness (QED) is 0.791. The molecule has 0 aromatic heterocycles. The molecule has 3 nitrogen and oxygen atoms in total. The van der Waals surface area contributed by atoms with E-state index in [1.54, 1.807) is 0 Å². The second kappa shape index (κ2) is 7.41. The van der Waals surface area contributed by atoms with Gasteiger partial charge in [-0.25, -0.2) is 0 Å². The largest absolute Gasteiger partial charge is 0.496 e. The predicted octanol–water partition coefficient (Wildman–Crippen LogP) is 5.08. The molecule has 2 heterocycles. The van der Waals surface area contributed by atoms with Crippen molar-refractivity contribution in [3.8, 4) is 5.75 Å². The van der Waals surface area contributed by atoms with Crippen LogP contribution >= 0.6 is 0 Å². The highest BCUT2D eigenvalue weighted by molar-refractivity contribution is 5.42. The molecule has 2 aliphatic heterocycles. The molecule has 2 fully saturated rings. The van der Waals surface area contributed by atoms with Gasteiger partial charge in [-0.15, -0.1) is 0 Å². The highest BCUT2D eigenvalue weighted by atomic mass is 19.4. The zero-order valence-corrected chi connectivity index (χ0v) is 15.8. The SMILES string of the molecule is COc1ccc(C(F)(F)F)cc1[C@@H]1CO[C@@]2(CCCN[C@H]2c2ccccc2)C1. The van der Waals surface area contributed by atoms with Gasteiger partial charge in [-0.3, -0.25) is 0 Å². The summed E-state index contributed by atoms with van der Waals surface area (Å²) < 4.78 is 51.4. The normalized spacial score (nSPS) is 27.9. The molecule has 2 saturated heterocycles. The summed E-state index contributed by atoms with van der Waals surface area (Å²) in [5, 5.41) is 3.57. The average Bonchev–Trinajstić information content (AvgIpc) is 3.12. The summed E-state index contributed by atoms with van der Waals surface area (Å²) in [5.41, 5.74) is 0.667. The number of hydrogen-bond acceptors (Lipinski definition) is 3. The first-order valence-corrected chi connectivity index (χ1v) is 9.60. The Bertz CT molecular complexity index is 824. The molecule has 0 amide bonds. The van der Waals surface area contributed by atoms with Crippen molar-refractivity contribution in [1.82, 2.24) is 5.32 Å². The smallest absolute Gasteiger partial charge is 0.416 e. The van der Waals surface area contributed by atoms with Gasteiger partial charge in [0.1, 0.15) is 5.75 Å². The van der Waals surface area contributed by atoms with Crippen LogP contribution in [0.25, 0.3) is 0 Å². The van der Waals surface area contributed by atoms with Crippen molar-refractivity contribution in [2.24, 2.45) is 0 Å². The van der Waals surface area contributed by atoms with Crippen LogP contribution in [-0.2, 0) is 10.9 Å². The zero-order chi connectivity index (χ0) is 19.8. The van der Waals surface area contributed by atoms with E-state index in [-0.39, 0.29) is 12.0 Å². The van der Waals surface area contributed by atoms with Crippen LogP contribution in [0.2, 0.25) is 0 Å². The molecule has 2 aromatic carbocycles. The molecular formula is C22H24F3NO2. The molecule has 0 unspecified atom stereocenters. The molecule has 6 heteroatoms. The number of ether oxygens (including phenoxy) is 2. The Balaban J connectivity index is 1.66. The number of alkyl halides is 3. The van der Waals surface area contributed by atoms with E-state index in [0.29, 0.717) is 24.3 Å². The number of halogens is 3. The number of rotatable bonds is 3. The lowest BCUT2D eigenvalue weighted by Gasteiger charge is -2.41. The monoisotopic (exact) mass is 391 g/mol. The molecule has 3 atom stereocenters. The average molecular weight is 391 g/mol. The highest BCUT2D eigenvalue weighted by Crippen LogP contribution is 2.50. The maximum absolute atomic E-state index is 13.2. The first-order valence-electron chi connectivity index (χ1n) is 9.60. The molecule has 2 aliphatic rings. The predicted molar refractivity (Wildman–Crippen MR) is 100 cm³/mol. The van der Waals surface area contributed by atoms with Crippen LogP contribution < -0.4 is 10.1 Å². The number of benzene rings is 2. The van der Waals surface area contributed by atoms with Crippen LogP contribution in [0, 0.1) is 0 Å². The molecule has 28 heavy (non-hydrogen) atoms. The van der Waals surface area contributed by atoms with Crippen LogP contribution in [0.1, 0.15) is 47.9 Å². The van der Waals surface area contributed by atoms with Crippen molar-refractivity contribution in [2.45, 2.75) is 43.0 Å². The molecule has 0 aliphatic carbocycles. The van der Waals surface area contributed by atoms with E-state index in [4.69, 9.17) is 9.47 Å². The van der Waals surface area contributed by atoms with Crippen molar-refractivity contribution in [3.05, 3.63) is 65.2 Å². The summed E-state index contributed by atoms with van der Waals surface area (Å²) in [4.78, 5) is 0. The van der Waals surface area contributed by atoms with Gasteiger partial charge in [0, 0.05) is 11.5 Å². The summed E-state index contributed by atoms with van der Waals surface area (Å²) in [6.45, 7) is 1.30. The molecule has 0 saturated carbocycles. The van der Waals surface area contributed by atoms with Gasteiger partial charge in [0.05, 0.1) is 30.9 Å². The number of methoxy groups -OCH3 is 1. The van der Waals surface area contributed by atoms with Gasteiger partial charge in [0.15, 0.2) is 0 Å². The van der Waals surface area contributed by atoms with Crippen LogP contribution in [0.4, 0.5) is 13.2 Å². The molecule has 1 N–H and O–H groups in total. The van der Waals surface area contributed by atoms with Crippen LogP contribution in [0.5, 0.6) is 5.75 Å². The van der Waals surface area contributed by atoms with Crippen molar-refractivity contribution in [1.29, 1.82) is 0 Å². The summed E-state index contributed by atoms with van der Waals surface area (Å²) >= 11 is 0. The molecule has 2 aromatic rings. The van der Waals surface area contributed by atoms with Gasteiger partial charge in [0.2, 0.25) is 0 Å². The Kier molecular flexibility index (Phi) is 5.10. The van der Waals surface area contributed by atoms with Crippen LogP contribution in [0.3, 0.4) is 0 Å². The fourth-order valence-electron chi connectivity index (χ4n) is 4.64. The van der Waals surface area contributed by atoms with Crippen molar-refractivity contribution < 1.29 is 22.6 Å². The Morgan fingerprint density at radius 2 is 1.93 bits per heavy atom. The van der Waals surface area contributed by atoms with Crippen molar-refractivity contribution >= 4 is 0 Å². The van der Waals surface area contributed by atoms with E-state index in [1.165, 1.54) is 19.2 Å². The highest BCUT2D eigenvalue weighted by Gasteiger charge is 2.49. The van der Waals surface area contributed by atoms with E-state index < -0.39 is 17.3 Å². The summed E-state index contributed by atoms with van der Waals surface area (Å²) in [6, 6.07) is 13.9. The maximum Gasteiger partial charge on any atom is 0.416 e. The molecule has 0 radical (unpaired) electrons. The third kappa shape index (κ3) is 3.51. The first kappa shape index (κ1) is 19.3. The molecular weight excluding hydrogens is 367 g/mol. The van der Waals surface area contributed by atoms with E-state index in [9.17, 15) is 13.2 Å². The fourth-order valence-corrected chi connectivity index (χ4v) is 4.64. The molecule has 0 bridgehead atoms. The van der Waals surface area contributed by atoms with Crippen molar-refractivity contribution in [2.75, 3.05) is 20.3 Å². The van der Waals surface area contributed by atoms with Gasteiger partial charge >= 0.3 is 6.18 Å². The second-order valence-electron chi connectivity index (χ2n) is 7.63. The standard InChI is InChI=1S/C22H24F3NO2/c1-27-19-9-8-17(22(23,24)25)12-18(19)16-13-21(28-14-16)10-5-11-26-20(21)15-6-3-2-4-7-15/h2-4,6-9,12,16,20,26H,5,10-11,13-14H2,1H3/t16-,20-,21-/m0/s1. The maximum atomic E-state index is 13.2. The number of piperidine rings is 1. The van der Waals surface area contributed by atoms with Gasteiger partial charge < -0.3 is 14.8 Å². The molecule has 1 spiro atoms. The minimum absolute atomic E-state index is 0.0317. The lowest BCUT2D eigenvalue weighted by Crippen LogP contribution is -2.48. The van der Waals surface area contributed by atoms with Crippen LogP contribution in [-0.4, -0.2) is 25.9 Å². The minimum atomic E-state index is -4.38. The van der Waals surface area contributed by atoms with Gasteiger partial charge in [-0.2, -0.15) is 13.2 Å². The van der Waals surface area contributed by atoms with E-state index in [2.05, 4.69) is 17.4 Å². The lowest BCUT2D eigenvalue weighted by atomic mass is 9.76. The zero-order valence-electron chi connectivity index (χ0n) is 15.8. The Hall–Kier alpha value is -2.05. The first-order chi connectivity index (χ1) is 13.4. The topological polar surface area (TPSA) is 30.5 Å². The molecule has 4 rings (SSSR count). The van der Waals surface area contributed by atoms with E-state index in [1.807, 2.05) is 18.2 Å². The second-order valence-corrected chi connectivity index (χ2v) is 7.63. The van der Waals surface area contributed by atoms with E-state index in [0.717, 1.165) is 31.0 Å². The third-order valence-electron chi connectivity index (χ3n) is 5.94. The van der Waals surface area contributed by atoms with Crippen LogP contribution in [0.15, 0.2) is 48.5 Å². The summed E-state index contributed by atoms with van der Waals surface area (Å²) in [7, 11) is 1.49.